The summed E-state index contributed by atoms with van der Waals surface area (Å²) in [5, 5.41) is 4.64. The molecule has 0 spiro atoms. The number of nitrogens with zero attached hydrogens (tertiary/aromatic N) is 3. The Balaban J connectivity index is 1.99. The van der Waals surface area contributed by atoms with Crippen LogP contribution in [0.25, 0.3) is 10.2 Å². The quantitative estimate of drug-likeness (QED) is 0.768. The minimum Gasteiger partial charge on any atom is -0.329 e. The van der Waals surface area contributed by atoms with Crippen LogP contribution in [0.15, 0.2) is 36.9 Å². The van der Waals surface area contributed by atoms with Crippen molar-refractivity contribution in [2.75, 3.05) is 5.32 Å². The molecule has 3 rings (SSSR count). The van der Waals surface area contributed by atoms with Crippen LogP contribution in [0.1, 0.15) is 0 Å². The lowest BCUT2D eigenvalue weighted by atomic mass is 10.3. The molecule has 0 atom stereocenters. The molecule has 0 aliphatic rings. The second-order valence-electron chi connectivity index (χ2n) is 3.36. The number of fused-ring (bicyclic) bond motifs is 1. The summed E-state index contributed by atoms with van der Waals surface area (Å²) < 4.78 is 0.980. The van der Waals surface area contributed by atoms with E-state index in [9.17, 15) is 0 Å². The molecule has 2 aromatic heterocycles. The molecule has 6 heteroatoms. The van der Waals surface area contributed by atoms with Crippen LogP contribution in [0.3, 0.4) is 0 Å². The van der Waals surface area contributed by atoms with Gasteiger partial charge in [0.15, 0.2) is 5.13 Å². The predicted octanol–water partition coefficient (Wildman–Crippen LogP) is 3.48. The van der Waals surface area contributed by atoms with Crippen LogP contribution >= 0.6 is 22.9 Å². The number of aromatic nitrogens is 3. The first-order valence-electron chi connectivity index (χ1n) is 4.90. The molecule has 17 heavy (non-hydrogen) atoms. The molecule has 3 aromatic rings. The average Bonchev–Trinajstić information content (AvgIpc) is 2.74. The fraction of sp³-hybridized carbons (Fsp3) is 0. The van der Waals surface area contributed by atoms with Crippen molar-refractivity contribution in [2.24, 2.45) is 0 Å². The minimum atomic E-state index is 0.720. The van der Waals surface area contributed by atoms with E-state index in [1.54, 1.807) is 12.4 Å². The van der Waals surface area contributed by atoms with E-state index in [-0.39, 0.29) is 0 Å². The Labute approximate surface area is 106 Å². The monoisotopic (exact) mass is 262 g/mol. The Bertz CT molecular complexity index is 653. The molecule has 0 radical (unpaired) electrons. The van der Waals surface area contributed by atoms with Gasteiger partial charge in [0, 0.05) is 0 Å². The van der Waals surface area contributed by atoms with E-state index in [0.29, 0.717) is 0 Å². The van der Waals surface area contributed by atoms with E-state index < -0.39 is 0 Å². The van der Waals surface area contributed by atoms with E-state index in [4.69, 9.17) is 11.6 Å². The smallest absolute Gasteiger partial charge is 0.188 e. The molecule has 2 heterocycles. The molecule has 1 N–H and O–H groups in total. The van der Waals surface area contributed by atoms with Gasteiger partial charge in [-0.3, -0.25) is 0 Å². The largest absolute Gasteiger partial charge is 0.329 e. The SMILES string of the molecule is Clc1cccc2nc(Nc3cncnc3)sc12. The van der Waals surface area contributed by atoms with Gasteiger partial charge in [-0.15, -0.1) is 0 Å². The fourth-order valence-electron chi connectivity index (χ4n) is 1.46. The Hall–Kier alpha value is -1.72. The summed E-state index contributed by atoms with van der Waals surface area (Å²) in [6.45, 7) is 0. The molecule has 0 amide bonds. The van der Waals surface area contributed by atoms with E-state index in [2.05, 4.69) is 20.3 Å². The maximum Gasteiger partial charge on any atom is 0.188 e. The van der Waals surface area contributed by atoms with Crippen LogP contribution in [0.4, 0.5) is 10.8 Å². The summed E-state index contributed by atoms with van der Waals surface area (Å²) in [6, 6.07) is 5.68. The lowest BCUT2D eigenvalue weighted by Gasteiger charge is -1.98. The summed E-state index contributed by atoms with van der Waals surface area (Å²) in [4.78, 5) is 12.3. The number of hydrogen-bond acceptors (Lipinski definition) is 5. The van der Waals surface area contributed by atoms with Crippen LogP contribution in [0.2, 0.25) is 5.02 Å². The summed E-state index contributed by atoms with van der Waals surface area (Å²) in [6.07, 6.45) is 4.88. The molecule has 84 valence electrons. The number of rotatable bonds is 2. The first kappa shape index (κ1) is 10.4. The highest BCUT2D eigenvalue weighted by Crippen LogP contribution is 2.32. The Morgan fingerprint density at radius 1 is 1.18 bits per heavy atom. The first-order valence-corrected chi connectivity index (χ1v) is 6.09. The summed E-state index contributed by atoms with van der Waals surface area (Å²) >= 11 is 7.60. The van der Waals surface area contributed by atoms with Crippen molar-refractivity contribution in [3.8, 4) is 0 Å². The van der Waals surface area contributed by atoms with Crippen LogP contribution < -0.4 is 5.32 Å². The first-order chi connectivity index (χ1) is 8.33. The van der Waals surface area contributed by atoms with Crippen LogP contribution in [-0.4, -0.2) is 15.0 Å². The summed E-state index contributed by atoms with van der Waals surface area (Å²) in [7, 11) is 0. The zero-order valence-electron chi connectivity index (χ0n) is 8.59. The fourth-order valence-corrected chi connectivity index (χ4v) is 2.63. The van der Waals surface area contributed by atoms with E-state index in [1.807, 2.05) is 18.2 Å². The predicted molar refractivity (Wildman–Crippen MR) is 69.9 cm³/mol. The van der Waals surface area contributed by atoms with Crippen molar-refractivity contribution in [1.82, 2.24) is 15.0 Å². The van der Waals surface area contributed by atoms with Gasteiger partial charge < -0.3 is 5.32 Å². The number of hydrogen-bond donors (Lipinski definition) is 1. The van der Waals surface area contributed by atoms with Crippen LogP contribution in [-0.2, 0) is 0 Å². The minimum absolute atomic E-state index is 0.720. The zero-order valence-corrected chi connectivity index (χ0v) is 10.2. The Morgan fingerprint density at radius 2 is 2.00 bits per heavy atom. The average molecular weight is 263 g/mol. The van der Waals surface area contributed by atoms with E-state index in [0.717, 1.165) is 26.1 Å². The number of nitrogens with one attached hydrogen (secondary N) is 1. The molecule has 0 saturated heterocycles. The Kier molecular flexibility index (Phi) is 2.62. The zero-order chi connectivity index (χ0) is 11.7. The Morgan fingerprint density at radius 3 is 2.76 bits per heavy atom. The molecular formula is C11H7ClN4S. The second-order valence-corrected chi connectivity index (χ2v) is 4.77. The van der Waals surface area contributed by atoms with Crippen molar-refractivity contribution in [3.63, 3.8) is 0 Å². The second kappa shape index (κ2) is 4.27. The van der Waals surface area contributed by atoms with Crippen molar-refractivity contribution >= 4 is 44.0 Å². The lowest BCUT2D eigenvalue weighted by molar-refractivity contribution is 1.17. The molecule has 0 aliphatic carbocycles. The van der Waals surface area contributed by atoms with Crippen LogP contribution in [0.5, 0.6) is 0 Å². The van der Waals surface area contributed by atoms with Gasteiger partial charge in [0.2, 0.25) is 0 Å². The maximum absolute atomic E-state index is 6.09. The van der Waals surface area contributed by atoms with Gasteiger partial charge in [-0.2, -0.15) is 0 Å². The number of benzene rings is 1. The van der Waals surface area contributed by atoms with E-state index >= 15 is 0 Å². The van der Waals surface area contributed by atoms with Gasteiger partial charge in [-0.05, 0) is 12.1 Å². The van der Waals surface area contributed by atoms with Gasteiger partial charge in [-0.25, -0.2) is 15.0 Å². The highest BCUT2D eigenvalue weighted by molar-refractivity contribution is 7.22. The van der Waals surface area contributed by atoms with Crippen LogP contribution in [0, 0.1) is 0 Å². The molecule has 0 saturated carbocycles. The van der Waals surface area contributed by atoms with Gasteiger partial charge in [0.1, 0.15) is 6.33 Å². The van der Waals surface area contributed by atoms with Crippen molar-refractivity contribution in [1.29, 1.82) is 0 Å². The van der Waals surface area contributed by atoms with Gasteiger partial charge >= 0.3 is 0 Å². The lowest BCUT2D eigenvalue weighted by Crippen LogP contribution is -1.90. The maximum atomic E-state index is 6.09. The van der Waals surface area contributed by atoms with Gasteiger partial charge in [0.05, 0.1) is 33.3 Å². The standard InChI is InChI=1S/C11H7ClN4S/c12-8-2-1-3-9-10(8)17-11(16-9)15-7-4-13-6-14-5-7/h1-6H,(H,15,16). The molecule has 0 fully saturated rings. The van der Waals surface area contributed by atoms with Crippen molar-refractivity contribution < 1.29 is 0 Å². The highest BCUT2D eigenvalue weighted by atomic mass is 35.5. The molecule has 4 nitrogen and oxygen atoms in total. The number of thiazole rings is 1. The molecular weight excluding hydrogens is 256 g/mol. The molecule has 0 unspecified atom stereocenters. The number of halogens is 1. The van der Waals surface area contributed by atoms with Gasteiger partial charge in [0.25, 0.3) is 0 Å². The number of anilines is 2. The molecule has 0 aliphatic heterocycles. The van der Waals surface area contributed by atoms with Crippen molar-refractivity contribution in [3.05, 3.63) is 41.9 Å². The van der Waals surface area contributed by atoms with E-state index in [1.165, 1.54) is 17.7 Å². The van der Waals surface area contributed by atoms with Crippen molar-refractivity contribution in [2.45, 2.75) is 0 Å². The third kappa shape index (κ3) is 2.07. The molecule has 1 aromatic carbocycles. The summed E-state index contributed by atoms with van der Waals surface area (Å²) in [5.41, 5.74) is 1.70. The molecule has 0 bridgehead atoms. The third-order valence-corrected chi connectivity index (χ3v) is 3.63. The normalized spacial score (nSPS) is 10.6. The topological polar surface area (TPSA) is 50.7 Å². The summed E-state index contributed by atoms with van der Waals surface area (Å²) in [5.74, 6) is 0. The highest BCUT2D eigenvalue weighted by Gasteiger charge is 2.06. The third-order valence-electron chi connectivity index (χ3n) is 2.18. The van der Waals surface area contributed by atoms with Gasteiger partial charge in [-0.1, -0.05) is 29.0 Å².